The molecule has 10 rings (SSSR count). The molecule has 0 aliphatic rings. The number of nitrogens with zero attached hydrogens (tertiary/aromatic N) is 2. The first-order valence-electron chi connectivity index (χ1n) is 21.9. The molecule has 0 saturated heterocycles. The lowest BCUT2D eigenvalue weighted by Crippen LogP contribution is -2.17. The lowest BCUT2D eigenvalue weighted by Gasteiger charge is -2.31. The fourth-order valence-corrected chi connectivity index (χ4v) is 9.25. The van der Waals surface area contributed by atoms with Crippen LogP contribution in [-0.4, -0.2) is 4.57 Å². The number of para-hydroxylation sites is 4. The molecule has 0 N–H and O–H groups in total. The van der Waals surface area contributed by atoms with E-state index in [9.17, 15) is 0 Å². The lowest BCUT2D eigenvalue weighted by molar-refractivity contribution is 0.569. The third kappa shape index (κ3) is 6.96. The van der Waals surface area contributed by atoms with Crippen LogP contribution in [0, 0.1) is 0 Å². The molecule has 0 atom stereocenters. The van der Waals surface area contributed by atoms with E-state index in [0.29, 0.717) is 0 Å². The molecule has 0 fully saturated rings. The van der Waals surface area contributed by atoms with Gasteiger partial charge in [-0.25, -0.2) is 0 Å². The molecule has 1 aromatic heterocycles. The Hall–Kier alpha value is -7.16. The van der Waals surface area contributed by atoms with Crippen molar-refractivity contribution < 1.29 is 0 Å². The maximum atomic E-state index is 2.52. The van der Waals surface area contributed by atoms with Crippen LogP contribution in [0.4, 0.5) is 17.1 Å². The topological polar surface area (TPSA) is 8.17 Å². The molecule has 0 bridgehead atoms. The van der Waals surface area contributed by atoms with Crippen molar-refractivity contribution in [3.05, 3.63) is 217 Å². The predicted molar refractivity (Wildman–Crippen MR) is 267 cm³/mol. The maximum absolute atomic E-state index is 2.52. The third-order valence-corrected chi connectivity index (χ3v) is 12.5. The van der Waals surface area contributed by atoms with Gasteiger partial charge in [-0.1, -0.05) is 199 Å². The zero-order valence-corrected chi connectivity index (χ0v) is 36.5. The quantitative estimate of drug-likeness (QED) is 0.156. The van der Waals surface area contributed by atoms with E-state index in [-0.39, 0.29) is 10.8 Å². The first-order valence-corrected chi connectivity index (χ1v) is 21.9. The van der Waals surface area contributed by atoms with E-state index in [2.05, 4.69) is 257 Å². The molecule has 0 aliphatic heterocycles. The SMILES string of the molecule is CC(C)(C)c1cc(-c2ccccc2N(c2ccc3c(c2)c2ccccc2n3-c2ccccc2)c2ccccc2-c2cccc3cccc(-c4ccccc4)c23)cc(C(C)(C)C)c1. The number of hydrogen-bond donors (Lipinski definition) is 0. The van der Waals surface area contributed by atoms with E-state index in [4.69, 9.17) is 0 Å². The van der Waals surface area contributed by atoms with Crippen molar-refractivity contribution in [2.45, 2.75) is 52.4 Å². The molecule has 302 valence electrons. The van der Waals surface area contributed by atoms with E-state index >= 15 is 0 Å². The van der Waals surface area contributed by atoms with E-state index in [1.807, 2.05) is 0 Å². The number of benzene rings is 9. The van der Waals surface area contributed by atoms with Gasteiger partial charge in [0.2, 0.25) is 0 Å². The minimum Gasteiger partial charge on any atom is -0.309 e. The fraction of sp³-hybridized carbons (Fsp3) is 0.133. The van der Waals surface area contributed by atoms with Crippen LogP contribution in [-0.2, 0) is 10.8 Å². The molecule has 2 heteroatoms. The van der Waals surface area contributed by atoms with Gasteiger partial charge in [0.25, 0.3) is 0 Å². The van der Waals surface area contributed by atoms with Crippen LogP contribution in [0.2, 0.25) is 0 Å². The molecule has 9 aromatic carbocycles. The van der Waals surface area contributed by atoms with Crippen LogP contribution in [0.3, 0.4) is 0 Å². The van der Waals surface area contributed by atoms with E-state index < -0.39 is 0 Å². The van der Waals surface area contributed by atoms with Crippen molar-refractivity contribution in [2.75, 3.05) is 4.90 Å². The number of anilines is 3. The van der Waals surface area contributed by atoms with Gasteiger partial charge in [0.1, 0.15) is 0 Å². The Morgan fingerprint density at radius 2 is 0.903 bits per heavy atom. The predicted octanol–water partition coefficient (Wildman–Crippen LogP) is 17.0. The highest BCUT2D eigenvalue weighted by atomic mass is 15.1. The Kier molecular flexibility index (Phi) is 9.68. The molecule has 1 heterocycles. The van der Waals surface area contributed by atoms with Gasteiger partial charge in [-0.15, -0.1) is 0 Å². The molecule has 0 spiro atoms. The molecular formula is C60H52N2. The molecular weight excluding hydrogens is 749 g/mol. The number of fused-ring (bicyclic) bond motifs is 4. The van der Waals surface area contributed by atoms with Crippen LogP contribution >= 0.6 is 0 Å². The number of aromatic nitrogens is 1. The summed E-state index contributed by atoms with van der Waals surface area (Å²) in [5.41, 5.74) is 16.7. The molecule has 0 saturated carbocycles. The first-order chi connectivity index (χ1) is 30.0. The molecule has 0 unspecified atom stereocenters. The van der Waals surface area contributed by atoms with Crippen LogP contribution in [0.1, 0.15) is 52.7 Å². The molecule has 0 aliphatic carbocycles. The average Bonchev–Trinajstić information content (AvgIpc) is 3.63. The summed E-state index contributed by atoms with van der Waals surface area (Å²) >= 11 is 0. The van der Waals surface area contributed by atoms with Crippen molar-refractivity contribution in [3.8, 4) is 39.1 Å². The summed E-state index contributed by atoms with van der Waals surface area (Å²) in [5.74, 6) is 0. The van der Waals surface area contributed by atoms with Gasteiger partial charge in [-0.3, -0.25) is 0 Å². The Labute approximate surface area is 366 Å². The molecule has 0 amide bonds. The average molecular weight is 801 g/mol. The Morgan fingerprint density at radius 3 is 1.58 bits per heavy atom. The van der Waals surface area contributed by atoms with Crippen molar-refractivity contribution in [1.29, 1.82) is 0 Å². The highest BCUT2D eigenvalue weighted by Crippen LogP contribution is 2.49. The van der Waals surface area contributed by atoms with Crippen molar-refractivity contribution in [2.24, 2.45) is 0 Å². The van der Waals surface area contributed by atoms with Crippen molar-refractivity contribution in [1.82, 2.24) is 4.57 Å². The van der Waals surface area contributed by atoms with E-state index in [1.54, 1.807) is 0 Å². The second-order valence-corrected chi connectivity index (χ2v) is 18.6. The second-order valence-electron chi connectivity index (χ2n) is 18.6. The lowest BCUT2D eigenvalue weighted by atomic mass is 9.78. The molecule has 2 nitrogen and oxygen atoms in total. The zero-order chi connectivity index (χ0) is 42.6. The van der Waals surface area contributed by atoms with E-state index in [0.717, 1.165) is 22.7 Å². The summed E-state index contributed by atoms with van der Waals surface area (Å²) in [6.07, 6.45) is 0. The Balaban J connectivity index is 1.28. The standard InChI is InChI=1S/C60H52N2/c1-59(2,3)44-37-43(38-45(39-44)60(4,5)6)48-27-13-16-32-54(48)62(47-35-36-57-53(40-47)51-29-15-18-34-56(51)61(57)46-25-11-8-12-26-46)55-33-17-14-28-50(55)52-31-20-24-42-23-19-30-49(58(42)52)41-21-9-7-10-22-41/h7-40H,1-6H3. The normalized spacial score (nSPS) is 12.0. The summed E-state index contributed by atoms with van der Waals surface area (Å²) in [7, 11) is 0. The van der Waals surface area contributed by atoms with Gasteiger partial charge in [0, 0.05) is 33.3 Å². The van der Waals surface area contributed by atoms with Crippen molar-refractivity contribution in [3.63, 3.8) is 0 Å². The van der Waals surface area contributed by atoms with Gasteiger partial charge >= 0.3 is 0 Å². The van der Waals surface area contributed by atoms with Gasteiger partial charge in [0.15, 0.2) is 0 Å². The van der Waals surface area contributed by atoms with Gasteiger partial charge in [0.05, 0.1) is 22.4 Å². The van der Waals surface area contributed by atoms with Crippen LogP contribution in [0.5, 0.6) is 0 Å². The molecule has 0 radical (unpaired) electrons. The van der Waals surface area contributed by atoms with Crippen LogP contribution < -0.4 is 4.90 Å². The minimum absolute atomic E-state index is 0.0277. The molecule has 62 heavy (non-hydrogen) atoms. The largest absolute Gasteiger partial charge is 0.309 e. The highest BCUT2D eigenvalue weighted by molar-refractivity contribution is 6.12. The molecule has 10 aromatic rings. The smallest absolute Gasteiger partial charge is 0.0542 e. The monoisotopic (exact) mass is 800 g/mol. The Bertz CT molecular complexity index is 3210. The highest BCUT2D eigenvalue weighted by Gasteiger charge is 2.26. The fourth-order valence-electron chi connectivity index (χ4n) is 9.25. The van der Waals surface area contributed by atoms with Crippen molar-refractivity contribution >= 4 is 49.6 Å². The maximum Gasteiger partial charge on any atom is 0.0542 e. The number of rotatable bonds is 7. The zero-order valence-electron chi connectivity index (χ0n) is 36.5. The van der Waals surface area contributed by atoms with Gasteiger partial charge in [-0.2, -0.15) is 0 Å². The summed E-state index contributed by atoms with van der Waals surface area (Å²) in [6, 6.07) is 76.1. The third-order valence-electron chi connectivity index (χ3n) is 12.5. The van der Waals surface area contributed by atoms with Crippen LogP contribution in [0.25, 0.3) is 71.6 Å². The Morgan fingerprint density at radius 1 is 0.371 bits per heavy atom. The summed E-state index contributed by atoms with van der Waals surface area (Å²) in [5, 5.41) is 4.90. The van der Waals surface area contributed by atoms with Gasteiger partial charge < -0.3 is 9.47 Å². The second kappa shape index (κ2) is 15.4. The summed E-state index contributed by atoms with van der Waals surface area (Å²) in [4.78, 5) is 2.52. The van der Waals surface area contributed by atoms with E-state index in [1.165, 1.54) is 77.1 Å². The number of hydrogen-bond acceptors (Lipinski definition) is 1. The minimum atomic E-state index is -0.0277. The van der Waals surface area contributed by atoms with Gasteiger partial charge in [-0.05, 0) is 104 Å². The van der Waals surface area contributed by atoms with Crippen LogP contribution in [0.15, 0.2) is 206 Å². The summed E-state index contributed by atoms with van der Waals surface area (Å²) < 4.78 is 2.40. The first kappa shape index (κ1) is 39.0. The summed E-state index contributed by atoms with van der Waals surface area (Å²) in [6.45, 7) is 13.9.